The number of rotatable bonds is 1. The van der Waals surface area contributed by atoms with E-state index in [-0.39, 0.29) is 22.6 Å². The summed E-state index contributed by atoms with van der Waals surface area (Å²) in [5.74, 6) is -0.0141. The third-order valence-corrected chi connectivity index (χ3v) is 2.81. The summed E-state index contributed by atoms with van der Waals surface area (Å²) in [6, 6.07) is 8.80. The number of nitrogens with two attached hydrogens (primary N) is 1. The first kappa shape index (κ1) is 13.7. The van der Waals surface area contributed by atoms with Gasteiger partial charge in [0.1, 0.15) is 11.8 Å². The number of aromatic hydroxyl groups is 1. The normalized spacial score (nSPS) is 11.1. The molecule has 0 aromatic heterocycles. The second kappa shape index (κ2) is 4.78. The summed E-state index contributed by atoms with van der Waals surface area (Å²) in [6.07, 6.45) is -4.56. The number of benzene rings is 2. The molecule has 2 aromatic rings. The Bertz CT molecular complexity index is 685. The average molecular weight is 278 g/mol. The first-order chi connectivity index (χ1) is 9.32. The predicted octanol–water partition coefficient (Wildman–Crippen LogP) is 3.53. The minimum atomic E-state index is -4.56. The molecule has 102 valence electrons. The number of phenolic OH excluding ortho intramolecular Hbond substituents is 1. The Morgan fingerprint density at radius 3 is 2.20 bits per heavy atom. The van der Waals surface area contributed by atoms with Crippen LogP contribution in [0, 0.1) is 11.3 Å². The van der Waals surface area contributed by atoms with E-state index in [1.165, 1.54) is 24.3 Å². The third-order valence-electron chi connectivity index (χ3n) is 2.81. The average Bonchev–Trinajstić information content (AvgIpc) is 2.39. The largest absolute Gasteiger partial charge is 0.508 e. The van der Waals surface area contributed by atoms with Gasteiger partial charge in [0.25, 0.3) is 0 Å². The van der Waals surface area contributed by atoms with Gasteiger partial charge in [-0.05, 0) is 29.8 Å². The summed E-state index contributed by atoms with van der Waals surface area (Å²) in [5, 5.41) is 18.1. The highest BCUT2D eigenvalue weighted by Gasteiger charge is 2.32. The SMILES string of the molecule is N#Cc1cc(C(F)(F)F)cc(-c2ccc(O)cc2)c1N. The highest BCUT2D eigenvalue weighted by Crippen LogP contribution is 2.37. The van der Waals surface area contributed by atoms with Crippen LogP contribution in [0.3, 0.4) is 0 Å². The number of anilines is 1. The van der Waals surface area contributed by atoms with Crippen LogP contribution in [0.5, 0.6) is 5.75 Å². The molecule has 2 rings (SSSR count). The zero-order chi connectivity index (χ0) is 14.9. The number of nitrogen functional groups attached to an aromatic ring is 1. The van der Waals surface area contributed by atoms with Crippen LogP contribution in [0.1, 0.15) is 11.1 Å². The lowest BCUT2D eigenvalue weighted by atomic mass is 9.97. The first-order valence-corrected chi connectivity index (χ1v) is 5.53. The summed E-state index contributed by atoms with van der Waals surface area (Å²) in [7, 11) is 0. The van der Waals surface area contributed by atoms with Crippen molar-refractivity contribution in [2.24, 2.45) is 0 Å². The Morgan fingerprint density at radius 1 is 1.10 bits per heavy atom. The van der Waals surface area contributed by atoms with Crippen molar-refractivity contribution < 1.29 is 18.3 Å². The van der Waals surface area contributed by atoms with Crippen LogP contribution in [-0.2, 0) is 6.18 Å². The van der Waals surface area contributed by atoms with Crippen LogP contribution in [0.4, 0.5) is 18.9 Å². The lowest BCUT2D eigenvalue weighted by molar-refractivity contribution is -0.137. The van der Waals surface area contributed by atoms with Crippen LogP contribution < -0.4 is 5.73 Å². The molecular formula is C14H9F3N2O. The predicted molar refractivity (Wildman–Crippen MR) is 67.7 cm³/mol. The number of hydrogen-bond donors (Lipinski definition) is 2. The fourth-order valence-corrected chi connectivity index (χ4v) is 1.79. The Balaban J connectivity index is 2.69. The molecule has 0 atom stereocenters. The van der Waals surface area contributed by atoms with Crippen molar-refractivity contribution >= 4 is 5.69 Å². The van der Waals surface area contributed by atoms with E-state index in [4.69, 9.17) is 11.0 Å². The number of halogens is 3. The topological polar surface area (TPSA) is 70.0 Å². The minimum absolute atomic E-state index is 0.0141. The number of nitrogens with zero attached hydrogens (tertiary/aromatic N) is 1. The molecule has 3 nitrogen and oxygen atoms in total. The van der Waals surface area contributed by atoms with Crippen LogP contribution in [0.15, 0.2) is 36.4 Å². The van der Waals surface area contributed by atoms with Gasteiger partial charge in [-0.3, -0.25) is 0 Å². The Hall–Kier alpha value is -2.68. The molecule has 3 N–H and O–H groups in total. The van der Waals surface area contributed by atoms with Crippen LogP contribution in [-0.4, -0.2) is 5.11 Å². The van der Waals surface area contributed by atoms with Gasteiger partial charge in [-0.25, -0.2) is 0 Å². The lowest BCUT2D eigenvalue weighted by Crippen LogP contribution is -2.07. The number of hydrogen-bond acceptors (Lipinski definition) is 3. The fourth-order valence-electron chi connectivity index (χ4n) is 1.79. The molecule has 0 saturated carbocycles. The van der Waals surface area contributed by atoms with E-state index in [2.05, 4.69) is 0 Å². The lowest BCUT2D eigenvalue weighted by Gasteiger charge is -2.13. The van der Waals surface area contributed by atoms with Gasteiger partial charge in [0, 0.05) is 5.56 Å². The minimum Gasteiger partial charge on any atom is -0.508 e. The molecule has 0 aliphatic rings. The molecule has 6 heteroatoms. The van der Waals surface area contributed by atoms with Crippen molar-refractivity contribution in [2.45, 2.75) is 6.18 Å². The zero-order valence-corrected chi connectivity index (χ0v) is 10.1. The molecule has 0 fully saturated rings. The molecule has 0 unspecified atom stereocenters. The molecule has 0 aliphatic carbocycles. The van der Waals surface area contributed by atoms with Crippen molar-refractivity contribution in [1.82, 2.24) is 0 Å². The van der Waals surface area contributed by atoms with E-state index in [1.54, 1.807) is 6.07 Å². The van der Waals surface area contributed by atoms with Gasteiger partial charge in [0.2, 0.25) is 0 Å². The number of phenols is 1. The molecule has 0 heterocycles. The maximum absolute atomic E-state index is 12.8. The monoisotopic (exact) mass is 278 g/mol. The second-order valence-corrected chi connectivity index (χ2v) is 4.14. The summed E-state index contributed by atoms with van der Waals surface area (Å²) < 4.78 is 38.4. The van der Waals surface area contributed by atoms with Gasteiger partial charge >= 0.3 is 6.18 Å². The van der Waals surface area contributed by atoms with E-state index in [0.29, 0.717) is 5.56 Å². The highest BCUT2D eigenvalue weighted by molar-refractivity contribution is 5.81. The summed E-state index contributed by atoms with van der Waals surface area (Å²) in [5.41, 5.74) is 5.03. The second-order valence-electron chi connectivity index (χ2n) is 4.14. The van der Waals surface area contributed by atoms with Gasteiger partial charge in [0.15, 0.2) is 0 Å². The number of nitriles is 1. The van der Waals surface area contributed by atoms with Crippen molar-refractivity contribution in [3.63, 3.8) is 0 Å². The van der Waals surface area contributed by atoms with Crippen molar-refractivity contribution in [3.05, 3.63) is 47.5 Å². The molecule has 0 amide bonds. The van der Waals surface area contributed by atoms with Crippen molar-refractivity contribution in [3.8, 4) is 22.9 Å². The smallest absolute Gasteiger partial charge is 0.416 e. The Labute approximate surface area is 112 Å². The Kier molecular flexibility index (Phi) is 3.28. The Morgan fingerprint density at radius 2 is 1.70 bits per heavy atom. The van der Waals surface area contributed by atoms with E-state index in [9.17, 15) is 18.3 Å². The van der Waals surface area contributed by atoms with Gasteiger partial charge in [-0.15, -0.1) is 0 Å². The fraction of sp³-hybridized carbons (Fsp3) is 0.0714. The maximum Gasteiger partial charge on any atom is 0.416 e. The maximum atomic E-state index is 12.8. The van der Waals surface area contributed by atoms with Crippen LogP contribution >= 0.6 is 0 Å². The molecule has 2 aromatic carbocycles. The third kappa shape index (κ3) is 2.52. The molecule has 0 bridgehead atoms. The molecule has 0 radical (unpaired) electrons. The summed E-state index contributed by atoms with van der Waals surface area (Å²) in [4.78, 5) is 0. The van der Waals surface area contributed by atoms with E-state index >= 15 is 0 Å². The van der Waals surface area contributed by atoms with E-state index in [0.717, 1.165) is 12.1 Å². The molecule has 0 aliphatic heterocycles. The van der Waals surface area contributed by atoms with Crippen molar-refractivity contribution in [1.29, 1.82) is 5.26 Å². The number of alkyl halides is 3. The standard InChI is InChI=1S/C14H9F3N2O/c15-14(16,17)10-5-9(7-18)13(19)12(6-10)8-1-3-11(20)4-2-8/h1-6,20H,19H2. The molecule has 20 heavy (non-hydrogen) atoms. The van der Waals surface area contributed by atoms with Gasteiger partial charge < -0.3 is 10.8 Å². The van der Waals surface area contributed by atoms with Crippen LogP contribution in [0.2, 0.25) is 0 Å². The van der Waals surface area contributed by atoms with Crippen molar-refractivity contribution in [2.75, 3.05) is 5.73 Å². The van der Waals surface area contributed by atoms with Gasteiger partial charge in [0.05, 0.1) is 16.8 Å². The molecule has 0 spiro atoms. The quantitative estimate of drug-likeness (QED) is 0.784. The highest BCUT2D eigenvalue weighted by atomic mass is 19.4. The van der Waals surface area contributed by atoms with E-state index < -0.39 is 11.7 Å². The molecular weight excluding hydrogens is 269 g/mol. The van der Waals surface area contributed by atoms with Gasteiger partial charge in [-0.2, -0.15) is 18.4 Å². The first-order valence-electron chi connectivity index (χ1n) is 5.53. The summed E-state index contributed by atoms with van der Waals surface area (Å²) >= 11 is 0. The molecule has 0 saturated heterocycles. The van der Waals surface area contributed by atoms with Crippen LogP contribution in [0.25, 0.3) is 11.1 Å². The zero-order valence-electron chi connectivity index (χ0n) is 10.1. The van der Waals surface area contributed by atoms with E-state index in [1.807, 2.05) is 0 Å². The van der Waals surface area contributed by atoms with Gasteiger partial charge in [-0.1, -0.05) is 12.1 Å². The summed E-state index contributed by atoms with van der Waals surface area (Å²) in [6.45, 7) is 0.